The summed E-state index contributed by atoms with van der Waals surface area (Å²) < 4.78 is 7.31. The summed E-state index contributed by atoms with van der Waals surface area (Å²) in [4.78, 5) is 4.66. The van der Waals surface area contributed by atoms with Crippen LogP contribution in [0.2, 0.25) is 0 Å². The zero-order valence-corrected chi connectivity index (χ0v) is 10.7. The van der Waals surface area contributed by atoms with Crippen molar-refractivity contribution in [3.05, 3.63) is 48.5 Å². The van der Waals surface area contributed by atoms with E-state index in [4.69, 9.17) is 10.5 Å². The molecule has 0 radical (unpaired) electrons. The van der Waals surface area contributed by atoms with Crippen molar-refractivity contribution >= 4 is 16.7 Å². The molecule has 0 bridgehead atoms. The fraction of sp³-hybridized carbons (Fsp3) is 0.133. The van der Waals surface area contributed by atoms with Gasteiger partial charge < -0.3 is 10.5 Å². The van der Waals surface area contributed by atoms with Crippen molar-refractivity contribution in [3.8, 4) is 11.4 Å². The molecule has 1 aromatic heterocycles. The Labute approximate surface area is 111 Å². The maximum absolute atomic E-state index is 6.00. The number of benzene rings is 2. The predicted molar refractivity (Wildman–Crippen MR) is 76.6 cm³/mol. The van der Waals surface area contributed by atoms with Crippen LogP contribution in [0.15, 0.2) is 48.5 Å². The maximum atomic E-state index is 6.00. The van der Waals surface area contributed by atoms with Gasteiger partial charge in [0.15, 0.2) is 0 Å². The summed E-state index contributed by atoms with van der Waals surface area (Å²) in [7, 11) is 1.67. The zero-order valence-electron chi connectivity index (χ0n) is 10.7. The summed E-state index contributed by atoms with van der Waals surface area (Å²) in [6.07, 6.45) is 0. The number of hydrogen-bond acceptors (Lipinski definition) is 3. The summed E-state index contributed by atoms with van der Waals surface area (Å²) in [5.74, 6) is 0.871. The minimum atomic E-state index is 0.449. The first kappa shape index (κ1) is 11.7. The first-order valence-electron chi connectivity index (χ1n) is 6.10. The van der Waals surface area contributed by atoms with E-state index >= 15 is 0 Å². The Balaban J connectivity index is 2.29. The van der Waals surface area contributed by atoms with Crippen LogP contribution >= 0.6 is 0 Å². The maximum Gasteiger partial charge on any atom is 0.143 e. The number of fused-ring (bicyclic) bond motifs is 1. The van der Waals surface area contributed by atoms with Crippen LogP contribution in [0.5, 0.6) is 0 Å². The smallest absolute Gasteiger partial charge is 0.143 e. The molecular formula is C15H15N3O. The van der Waals surface area contributed by atoms with Crippen LogP contribution in [0.3, 0.4) is 0 Å². The molecule has 0 aliphatic rings. The van der Waals surface area contributed by atoms with E-state index < -0.39 is 0 Å². The van der Waals surface area contributed by atoms with Gasteiger partial charge in [0.1, 0.15) is 18.1 Å². The Hall–Kier alpha value is -2.33. The molecule has 4 nitrogen and oxygen atoms in total. The van der Waals surface area contributed by atoms with Gasteiger partial charge in [0.25, 0.3) is 0 Å². The Bertz CT molecular complexity index is 704. The second-order valence-electron chi connectivity index (χ2n) is 4.36. The molecule has 0 saturated carbocycles. The number of hydrogen-bond donors (Lipinski definition) is 1. The molecule has 2 aromatic carbocycles. The van der Waals surface area contributed by atoms with E-state index in [2.05, 4.69) is 4.98 Å². The van der Waals surface area contributed by atoms with Gasteiger partial charge in [0, 0.05) is 12.7 Å². The molecule has 3 aromatic rings. The van der Waals surface area contributed by atoms with Gasteiger partial charge in [0.2, 0.25) is 0 Å². The number of nitrogen functional groups attached to an aromatic ring is 1. The van der Waals surface area contributed by atoms with Gasteiger partial charge in [-0.1, -0.05) is 36.4 Å². The molecule has 0 unspecified atom stereocenters. The number of anilines is 1. The van der Waals surface area contributed by atoms with Gasteiger partial charge in [-0.05, 0) is 12.1 Å². The van der Waals surface area contributed by atoms with Crippen LogP contribution in [-0.4, -0.2) is 16.7 Å². The third-order valence-electron chi connectivity index (χ3n) is 3.10. The molecule has 0 aliphatic carbocycles. The van der Waals surface area contributed by atoms with Crippen molar-refractivity contribution in [2.45, 2.75) is 6.73 Å². The molecule has 0 amide bonds. The fourth-order valence-corrected chi connectivity index (χ4v) is 2.24. The predicted octanol–water partition coefficient (Wildman–Crippen LogP) is 2.89. The van der Waals surface area contributed by atoms with Crippen molar-refractivity contribution in [3.63, 3.8) is 0 Å². The van der Waals surface area contributed by atoms with Crippen LogP contribution in [0.1, 0.15) is 0 Å². The van der Waals surface area contributed by atoms with Crippen LogP contribution < -0.4 is 5.73 Å². The molecule has 3 rings (SSSR count). The number of methoxy groups -OCH3 is 1. The molecular weight excluding hydrogens is 238 g/mol. The summed E-state index contributed by atoms with van der Waals surface area (Å²) >= 11 is 0. The zero-order chi connectivity index (χ0) is 13.2. The molecule has 0 atom stereocenters. The van der Waals surface area contributed by atoms with Crippen molar-refractivity contribution in [1.82, 2.24) is 9.55 Å². The van der Waals surface area contributed by atoms with E-state index in [1.165, 1.54) is 0 Å². The van der Waals surface area contributed by atoms with Gasteiger partial charge in [-0.2, -0.15) is 0 Å². The average molecular weight is 253 g/mol. The molecule has 0 spiro atoms. The second-order valence-corrected chi connectivity index (χ2v) is 4.36. The lowest BCUT2D eigenvalue weighted by Gasteiger charge is -2.07. The Morgan fingerprint density at radius 1 is 1.11 bits per heavy atom. The monoisotopic (exact) mass is 253 g/mol. The third-order valence-corrected chi connectivity index (χ3v) is 3.10. The topological polar surface area (TPSA) is 53.1 Å². The number of para-hydroxylation sites is 1. The number of aromatic nitrogens is 2. The SMILES string of the molecule is COCn1c(-c2ccccc2)nc2c(N)cccc21. The molecule has 0 aliphatic heterocycles. The Morgan fingerprint density at radius 3 is 2.63 bits per heavy atom. The van der Waals surface area contributed by atoms with Gasteiger partial charge in [-0.25, -0.2) is 4.98 Å². The minimum Gasteiger partial charge on any atom is -0.397 e. The quantitative estimate of drug-likeness (QED) is 0.730. The molecule has 0 saturated heterocycles. The van der Waals surface area contributed by atoms with Crippen molar-refractivity contribution in [1.29, 1.82) is 0 Å². The lowest BCUT2D eigenvalue weighted by atomic mass is 10.2. The van der Waals surface area contributed by atoms with E-state index in [1.54, 1.807) is 7.11 Å². The molecule has 2 N–H and O–H groups in total. The van der Waals surface area contributed by atoms with Gasteiger partial charge >= 0.3 is 0 Å². The lowest BCUT2D eigenvalue weighted by molar-refractivity contribution is 0.135. The Morgan fingerprint density at radius 2 is 1.89 bits per heavy atom. The highest BCUT2D eigenvalue weighted by molar-refractivity contribution is 5.90. The number of rotatable bonds is 3. The van der Waals surface area contributed by atoms with E-state index in [9.17, 15) is 0 Å². The summed E-state index contributed by atoms with van der Waals surface area (Å²) in [5, 5.41) is 0. The van der Waals surface area contributed by atoms with Crippen molar-refractivity contribution in [2.24, 2.45) is 0 Å². The highest BCUT2D eigenvalue weighted by atomic mass is 16.5. The number of imidazole rings is 1. The third kappa shape index (κ3) is 1.96. The number of nitrogens with zero attached hydrogens (tertiary/aromatic N) is 2. The standard InChI is InChI=1S/C15H15N3O/c1-19-10-18-13-9-5-8-12(16)14(13)17-15(18)11-6-3-2-4-7-11/h2-9H,10,16H2,1H3. The van der Waals surface area contributed by atoms with Gasteiger partial charge in [0.05, 0.1) is 11.2 Å². The normalized spacial score (nSPS) is 11.0. The van der Waals surface area contributed by atoms with Crippen molar-refractivity contribution in [2.75, 3.05) is 12.8 Å². The average Bonchev–Trinajstić information content (AvgIpc) is 2.81. The van der Waals surface area contributed by atoms with Gasteiger partial charge in [-0.15, -0.1) is 0 Å². The highest BCUT2D eigenvalue weighted by Gasteiger charge is 2.13. The highest BCUT2D eigenvalue weighted by Crippen LogP contribution is 2.27. The van der Waals surface area contributed by atoms with E-state index in [0.29, 0.717) is 12.4 Å². The molecule has 4 heteroatoms. The van der Waals surface area contributed by atoms with Gasteiger partial charge in [-0.3, -0.25) is 4.57 Å². The molecule has 0 fully saturated rings. The minimum absolute atomic E-state index is 0.449. The Kier molecular flexibility index (Phi) is 2.93. The van der Waals surface area contributed by atoms with E-state index in [-0.39, 0.29) is 0 Å². The molecule has 96 valence electrons. The molecule has 19 heavy (non-hydrogen) atoms. The summed E-state index contributed by atoms with van der Waals surface area (Å²) in [5.41, 5.74) is 9.54. The lowest BCUT2D eigenvalue weighted by Crippen LogP contribution is -2.02. The van der Waals surface area contributed by atoms with Crippen LogP contribution in [0.4, 0.5) is 5.69 Å². The first-order chi connectivity index (χ1) is 9.31. The second kappa shape index (κ2) is 4.74. The summed E-state index contributed by atoms with van der Waals surface area (Å²) in [6, 6.07) is 15.8. The molecule has 1 heterocycles. The number of nitrogens with two attached hydrogens (primary N) is 1. The summed E-state index contributed by atoms with van der Waals surface area (Å²) in [6.45, 7) is 0.449. The largest absolute Gasteiger partial charge is 0.397 e. The fourth-order valence-electron chi connectivity index (χ4n) is 2.24. The van der Waals surface area contributed by atoms with Crippen LogP contribution in [0, 0.1) is 0 Å². The van der Waals surface area contributed by atoms with Crippen LogP contribution in [0.25, 0.3) is 22.4 Å². The van der Waals surface area contributed by atoms with Crippen LogP contribution in [-0.2, 0) is 11.5 Å². The van der Waals surface area contributed by atoms with E-state index in [1.807, 2.05) is 53.1 Å². The number of ether oxygens (including phenoxy) is 1. The van der Waals surface area contributed by atoms with E-state index in [0.717, 1.165) is 22.4 Å². The first-order valence-corrected chi connectivity index (χ1v) is 6.10. The van der Waals surface area contributed by atoms with Crippen molar-refractivity contribution < 1.29 is 4.74 Å².